The number of carbonyl (C=O) groups is 1. The summed E-state index contributed by atoms with van der Waals surface area (Å²) in [6.07, 6.45) is -4.99. The fraction of sp³-hybridized carbons (Fsp3) is 0.357. The molecule has 214 valence electrons. The number of nitrogen functional groups attached to an aromatic ring is 1. The first-order chi connectivity index (χ1) is 19.6. The minimum Gasteiger partial charge on any atom is -0.480 e. The summed E-state index contributed by atoms with van der Waals surface area (Å²) >= 11 is 1.50. The zero-order valence-corrected chi connectivity index (χ0v) is 22.6. The molecule has 4 N–H and O–H groups in total. The minimum atomic E-state index is -4.71. The van der Waals surface area contributed by atoms with Crippen LogP contribution in [0, 0.1) is 5.41 Å². The topological polar surface area (TPSA) is 126 Å². The zero-order valence-electron chi connectivity index (χ0n) is 21.8. The second kappa shape index (κ2) is 10.5. The highest BCUT2D eigenvalue weighted by Gasteiger charge is 2.45. The van der Waals surface area contributed by atoms with E-state index in [9.17, 15) is 23.1 Å². The van der Waals surface area contributed by atoms with Crippen molar-refractivity contribution in [2.24, 2.45) is 5.41 Å². The lowest BCUT2D eigenvalue weighted by molar-refractivity contribution is -0.198. The van der Waals surface area contributed by atoms with Crippen molar-refractivity contribution in [1.29, 1.82) is 0 Å². The Balaban J connectivity index is 1.19. The van der Waals surface area contributed by atoms with Gasteiger partial charge in [0.15, 0.2) is 0 Å². The number of nitrogens with zero attached hydrogens (tertiary/aromatic N) is 4. The van der Waals surface area contributed by atoms with Crippen molar-refractivity contribution in [2.45, 2.75) is 37.6 Å². The van der Waals surface area contributed by atoms with E-state index in [2.05, 4.69) is 20.3 Å². The van der Waals surface area contributed by atoms with E-state index < -0.39 is 24.3 Å². The number of carboxylic acid groups (broad SMARTS) is 1. The number of aliphatic carboxylic acids is 1. The highest BCUT2D eigenvalue weighted by atomic mass is 32.1. The van der Waals surface area contributed by atoms with Gasteiger partial charge in [0.1, 0.15) is 11.9 Å². The summed E-state index contributed by atoms with van der Waals surface area (Å²) in [7, 11) is 0. The fourth-order valence-corrected chi connectivity index (χ4v) is 6.38. The molecule has 0 aliphatic carbocycles. The Labute approximate surface area is 237 Å². The SMILES string of the molecule is Nc1nc(O[C@H](c2ccc(-c3ccc4ncsc4c3)cc2)C(F)(F)F)cc(N2CCC3(CC2)CN[C@H](C(=O)O)C3)n1. The zero-order chi connectivity index (χ0) is 28.8. The van der Waals surface area contributed by atoms with Gasteiger partial charge in [-0.25, -0.2) is 4.98 Å². The van der Waals surface area contributed by atoms with Crippen molar-refractivity contribution in [1.82, 2.24) is 20.3 Å². The summed E-state index contributed by atoms with van der Waals surface area (Å²) in [5.41, 5.74) is 9.96. The van der Waals surface area contributed by atoms with E-state index in [0.29, 0.717) is 31.9 Å². The summed E-state index contributed by atoms with van der Waals surface area (Å²) in [6.45, 7) is 1.73. The van der Waals surface area contributed by atoms with Crippen LogP contribution in [0.25, 0.3) is 21.3 Å². The minimum absolute atomic E-state index is 0.0690. The van der Waals surface area contributed by atoms with Crippen LogP contribution in [0.4, 0.5) is 24.9 Å². The standard InChI is InChI=1S/C28H27F3N6O3S/c29-28(30,31)24(17-3-1-16(2-4-17)18-5-6-19-21(11-18)41-15-34-19)40-23-12-22(35-26(32)36-23)37-9-7-27(8-10-37)13-20(25(38)39)33-14-27/h1-6,11-12,15,20,24,33H,7-10,13-14H2,(H,38,39)(H2,32,35,36)/t20-,24+/m0/s1. The molecule has 4 aromatic rings. The van der Waals surface area contributed by atoms with Gasteiger partial charge in [-0.1, -0.05) is 30.3 Å². The van der Waals surface area contributed by atoms with Crippen molar-refractivity contribution in [3.05, 3.63) is 59.6 Å². The van der Waals surface area contributed by atoms with Crippen LogP contribution in [0.3, 0.4) is 0 Å². The summed E-state index contributed by atoms with van der Waals surface area (Å²) in [6, 6.07) is 12.6. The molecule has 2 aromatic heterocycles. The fourth-order valence-electron chi connectivity index (χ4n) is 5.66. The third kappa shape index (κ3) is 5.64. The van der Waals surface area contributed by atoms with Gasteiger partial charge < -0.3 is 25.8 Å². The van der Waals surface area contributed by atoms with E-state index in [-0.39, 0.29) is 22.8 Å². The molecule has 2 aromatic carbocycles. The number of piperidine rings is 1. The number of aromatic nitrogens is 3. The van der Waals surface area contributed by atoms with Crippen LogP contribution in [-0.2, 0) is 4.79 Å². The van der Waals surface area contributed by atoms with Gasteiger partial charge in [0.2, 0.25) is 17.9 Å². The van der Waals surface area contributed by atoms with Crippen molar-refractivity contribution < 1.29 is 27.8 Å². The Kier molecular flexibility index (Phi) is 6.94. The molecular formula is C28H27F3N6O3S. The first-order valence-corrected chi connectivity index (χ1v) is 14.0. The molecular weight excluding hydrogens is 557 g/mol. The number of benzene rings is 2. The molecule has 0 bridgehead atoms. The molecule has 2 saturated heterocycles. The predicted octanol–water partition coefficient (Wildman–Crippen LogP) is 5.05. The molecule has 2 fully saturated rings. The Morgan fingerprint density at radius 1 is 1.12 bits per heavy atom. The Bertz CT molecular complexity index is 1570. The Morgan fingerprint density at radius 3 is 2.54 bits per heavy atom. The van der Waals surface area contributed by atoms with Crippen LogP contribution in [-0.4, -0.2) is 57.9 Å². The highest BCUT2D eigenvalue weighted by Crippen LogP contribution is 2.41. The van der Waals surface area contributed by atoms with Gasteiger partial charge in [0, 0.05) is 31.3 Å². The van der Waals surface area contributed by atoms with Crippen LogP contribution >= 0.6 is 11.3 Å². The molecule has 41 heavy (non-hydrogen) atoms. The van der Waals surface area contributed by atoms with Crippen LogP contribution in [0.5, 0.6) is 5.88 Å². The van der Waals surface area contributed by atoms with E-state index in [1.807, 2.05) is 23.1 Å². The molecule has 2 aliphatic heterocycles. The molecule has 4 heterocycles. The summed E-state index contributed by atoms with van der Waals surface area (Å²) < 4.78 is 49.0. The van der Waals surface area contributed by atoms with E-state index in [0.717, 1.165) is 34.2 Å². The van der Waals surface area contributed by atoms with Crippen molar-refractivity contribution in [3.63, 3.8) is 0 Å². The maximum absolute atomic E-state index is 14.2. The third-order valence-electron chi connectivity index (χ3n) is 7.93. The van der Waals surface area contributed by atoms with E-state index in [4.69, 9.17) is 10.5 Å². The summed E-state index contributed by atoms with van der Waals surface area (Å²) in [5, 5.41) is 12.4. The molecule has 1 spiro atoms. The molecule has 0 radical (unpaired) electrons. The van der Waals surface area contributed by atoms with Crippen molar-refractivity contribution >= 4 is 39.3 Å². The maximum atomic E-state index is 14.2. The number of ether oxygens (including phenoxy) is 1. The molecule has 0 saturated carbocycles. The second-order valence-electron chi connectivity index (χ2n) is 10.6. The van der Waals surface area contributed by atoms with Gasteiger partial charge in [-0.15, -0.1) is 11.3 Å². The number of hydrogen-bond donors (Lipinski definition) is 3. The third-order valence-corrected chi connectivity index (χ3v) is 8.72. The molecule has 2 atom stereocenters. The lowest BCUT2D eigenvalue weighted by atomic mass is 9.76. The number of thiazole rings is 1. The molecule has 9 nitrogen and oxygen atoms in total. The number of halogens is 3. The first kappa shape index (κ1) is 27.2. The lowest BCUT2D eigenvalue weighted by Gasteiger charge is -2.39. The number of anilines is 2. The Morgan fingerprint density at radius 2 is 1.85 bits per heavy atom. The van der Waals surface area contributed by atoms with E-state index in [1.54, 1.807) is 17.6 Å². The smallest absolute Gasteiger partial charge is 0.429 e. The monoisotopic (exact) mass is 584 g/mol. The first-order valence-electron chi connectivity index (χ1n) is 13.1. The van der Waals surface area contributed by atoms with E-state index >= 15 is 0 Å². The van der Waals surface area contributed by atoms with E-state index in [1.165, 1.54) is 29.5 Å². The number of rotatable bonds is 6. The number of nitrogens with two attached hydrogens (primary N) is 1. The number of nitrogens with one attached hydrogen (secondary N) is 1. The van der Waals surface area contributed by atoms with Crippen LogP contribution in [0.2, 0.25) is 0 Å². The van der Waals surface area contributed by atoms with Gasteiger partial charge in [-0.05, 0) is 47.9 Å². The van der Waals surface area contributed by atoms with Crippen molar-refractivity contribution in [2.75, 3.05) is 30.3 Å². The molecule has 2 aliphatic rings. The quantitative estimate of drug-likeness (QED) is 0.285. The van der Waals surface area contributed by atoms with Crippen LogP contribution in [0.1, 0.15) is 30.9 Å². The van der Waals surface area contributed by atoms with Gasteiger partial charge >= 0.3 is 12.1 Å². The van der Waals surface area contributed by atoms with Crippen LogP contribution in [0.15, 0.2) is 54.0 Å². The number of alkyl halides is 3. The van der Waals surface area contributed by atoms with Crippen LogP contribution < -0.4 is 20.7 Å². The molecule has 13 heteroatoms. The largest absolute Gasteiger partial charge is 0.480 e. The maximum Gasteiger partial charge on any atom is 0.429 e. The van der Waals surface area contributed by atoms with Gasteiger partial charge in [0.25, 0.3) is 0 Å². The van der Waals surface area contributed by atoms with Gasteiger partial charge in [0.05, 0.1) is 15.7 Å². The number of fused-ring (bicyclic) bond motifs is 1. The average Bonchev–Trinajstić information content (AvgIpc) is 3.58. The predicted molar refractivity (Wildman–Crippen MR) is 149 cm³/mol. The normalized spacial score (nSPS) is 19.5. The summed E-state index contributed by atoms with van der Waals surface area (Å²) in [4.78, 5) is 25.7. The highest BCUT2D eigenvalue weighted by molar-refractivity contribution is 7.16. The van der Waals surface area contributed by atoms with Gasteiger partial charge in [-0.2, -0.15) is 23.1 Å². The number of hydrogen-bond acceptors (Lipinski definition) is 9. The summed E-state index contributed by atoms with van der Waals surface area (Å²) in [5.74, 6) is -0.955. The average molecular weight is 585 g/mol. The molecule has 0 unspecified atom stereocenters. The molecule has 6 rings (SSSR count). The second-order valence-corrected chi connectivity index (χ2v) is 11.5. The van der Waals surface area contributed by atoms with Crippen molar-refractivity contribution in [3.8, 4) is 17.0 Å². The number of carboxylic acids is 1. The molecule has 0 amide bonds. The Hall–Kier alpha value is -3.97. The lowest BCUT2D eigenvalue weighted by Crippen LogP contribution is -2.41. The van der Waals surface area contributed by atoms with Gasteiger partial charge in [-0.3, -0.25) is 4.79 Å².